The lowest BCUT2D eigenvalue weighted by Gasteiger charge is -2.33. The fraction of sp³-hybridized carbons (Fsp3) is 0.0495. The Labute approximate surface area is 742 Å². The summed E-state index contributed by atoms with van der Waals surface area (Å²) in [5, 5.41) is 67.7. The molecule has 27 heteroatoms. The maximum atomic E-state index is 15.9. The molecule has 0 bridgehead atoms. The van der Waals surface area contributed by atoms with Gasteiger partial charge in [0.05, 0.1) is 0 Å². The van der Waals surface area contributed by atoms with Gasteiger partial charge in [-0.2, -0.15) is 0 Å². The molecule has 17 rings (SSSR count). The predicted octanol–water partition coefficient (Wildman–Crippen LogP) is 22.3. The van der Waals surface area contributed by atoms with Crippen molar-refractivity contribution in [2.45, 2.75) is 29.2 Å². The van der Waals surface area contributed by atoms with Crippen molar-refractivity contribution in [1.29, 1.82) is 0 Å². The molecule has 128 heavy (non-hydrogen) atoms. The van der Waals surface area contributed by atoms with Gasteiger partial charge in [-0.25, -0.2) is 0 Å². The zero-order chi connectivity index (χ0) is 88.4. The third-order valence-electron chi connectivity index (χ3n) is 21.8. The Morgan fingerprint density at radius 1 is 0.164 bits per heavy atom. The highest BCUT2D eigenvalue weighted by molar-refractivity contribution is 7.81. The second-order valence-corrected chi connectivity index (χ2v) is 50.3. The van der Waals surface area contributed by atoms with Crippen LogP contribution in [0.3, 0.4) is 0 Å². The number of hydrogen-bond donors (Lipinski definition) is 5. The largest absolute Gasteiger partial charge is 0.460 e. The Hall–Kier alpha value is -12.0. The lowest BCUT2D eigenvalue weighted by Crippen LogP contribution is -2.21. The molecule has 19 nitrogen and oxygen atoms in total. The third-order valence-corrected chi connectivity index (χ3v) is 45.5. The van der Waals surface area contributed by atoms with Crippen LogP contribution in [0.5, 0.6) is 34.5 Å². The smallest absolute Gasteiger partial charge is 0.413 e. The molecule has 16 aromatic rings. The SMILES string of the molecule is O=P(c1ccccc1)(c1ccccc1)C(O)c1ccc(OP2(Oc3ccccc3)=NP(Oc3ccc(C(O)P(=O)(c4ccccc4)c4ccccc4)cc3)(Oc3ccc(C(O)P(=O)(c4ccccc4)c4ccccc4)cc3)=NP(Oc3ccc(C(O)P(=O)(c4ccccc4)c4ccccc4)cc3)(Oc3ccc(C(O)P(=O)(c4ccccc4)c4ccccc4)cc3)=N2)cc1. The second kappa shape index (κ2) is 38.1. The number of nitrogens with zero attached hydrogens (tertiary/aromatic N) is 3. The molecule has 6 unspecified atom stereocenters. The minimum Gasteiger partial charge on any atom is -0.413 e. The van der Waals surface area contributed by atoms with Gasteiger partial charge in [0.2, 0.25) is 0 Å². The van der Waals surface area contributed by atoms with Crippen LogP contribution in [0.1, 0.15) is 57.0 Å². The van der Waals surface area contributed by atoms with Crippen molar-refractivity contribution >= 4 is 112 Å². The van der Waals surface area contributed by atoms with Crippen LogP contribution in [0.2, 0.25) is 0 Å². The molecular weight excluding hydrogens is 1760 g/mol. The van der Waals surface area contributed by atoms with Gasteiger partial charge in [0.15, 0.2) is 35.7 Å². The summed E-state index contributed by atoms with van der Waals surface area (Å²) < 4.78 is 141. The average Bonchev–Trinajstić information content (AvgIpc) is 0.709. The Kier molecular flexibility index (Phi) is 26.2. The van der Waals surface area contributed by atoms with Crippen molar-refractivity contribution in [1.82, 2.24) is 0 Å². The molecule has 1 aliphatic heterocycles. The predicted molar refractivity (Wildman–Crippen MR) is 514 cm³/mol. The average molecular weight is 1840 g/mol. The first-order valence-corrected chi connectivity index (χ1v) is 54.3. The molecule has 0 radical (unpaired) electrons. The van der Waals surface area contributed by atoms with Gasteiger partial charge >= 0.3 is 23.0 Å². The zero-order valence-electron chi connectivity index (χ0n) is 68.3. The minimum absolute atomic E-state index is 0.0107. The summed E-state index contributed by atoms with van der Waals surface area (Å²) in [5.74, 6) is -8.19. The number of aliphatic hydroxyl groups excluding tert-OH is 5. The first kappa shape index (κ1) is 88.0. The van der Waals surface area contributed by atoms with E-state index in [1.165, 1.54) is 60.7 Å². The van der Waals surface area contributed by atoms with E-state index in [2.05, 4.69) is 0 Å². The van der Waals surface area contributed by atoms with Crippen molar-refractivity contribution in [2.24, 2.45) is 13.5 Å². The normalized spacial score (nSPS) is 17.1. The van der Waals surface area contributed by atoms with E-state index in [-0.39, 0.29) is 62.3 Å². The maximum Gasteiger partial charge on any atom is 0.460 e. The van der Waals surface area contributed by atoms with Gasteiger partial charge < -0.3 is 75.5 Å². The van der Waals surface area contributed by atoms with Crippen LogP contribution in [0.15, 0.2) is 469 Å². The number of benzene rings is 16. The fourth-order valence-corrected chi connectivity index (χ4v) is 37.8. The number of hydrogen-bond acceptors (Lipinski definition) is 19. The number of para-hydroxylation sites is 1. The van der Waals surface area contributed by atoms with E-state index < -0.39 is 87.9 Å². The molecule has 0 aromatic heterocycles. The molecule has 0 saturated heterocycles. The van der Waals surface area contributed by atoms with Gasteiger partial charge in [-0.1, -0.05) is 396 Å². The highest BCUT2D eigenvalue weighted by Gasteiger charge is 2.51. The first-order chi connectivity index (χ1) is 62.2. The van der Waals surface area contributed by atoms with Crippen molar-refractivity contribution in [3.05, 3.63) is 483 Å². The Bertz CT molecular complexity index is 6130. The Balaban J connectivity index is 0.894. The maximum absolute atomic E-state index is 15.9. The van der Waals surface area contributed by atoms with Crippen molar-refractivity contribution in [2.75, 3.05) is 0 Å². The summed E-state index contributed by atoms with van der Waals surface area (Å²) in [7, 11) is -34.6. The summed E-state index contributed by atoms with van der Waals surface area (Å²) in [6.07, 6.45) is 0. The molecule has 6 atom stereocenters. The summed E-state index contributed by atoms with van der Waals surface area (Å²) in [4.78, 5) is 0. The quantitative estimate of drug-likeness (QED) is 0.0245. The summed E-state index contributed by atoms with van der Waals surface area (Å²) in [5.41, 5.74) is 1.08. The van der Waals surface area contributed by atoms with Crippen LogP contribution in [-0.2, 0) is 22.8 Å². The summed E-state index contributed by atoms with van der Waals surface area (Å²) >= 11 is 0. The van der Waals surface area contributed by atoms with Crippen molar-refractivity contribution in [3.8, 4) is 34.5 Å². The molecule has 0 aliphatic carbocycles. The molecule has 16 aromatic carbocycles. The zero-order valence-corrected chi connectivity index (χ0v) is 75.5. The highest BCUT2D eigenvalue weighted by Crippen LogP contribution is 2.79. The molecule has 0 fully saturated rings. The van der Waals surface area contributed by atoms with Gasteiger partial charge in [0.25, 0.3) is 0 Å². The van der Waals surface area contributed by atoms with E-state index in [0.29, 0.717) is 53.0 Å². The van der Waals surface area contributed by atoms with E-state index in [4.69, 9.17) is 40.7 Å². The van der Waals surface area contributed by atoms with Crippen LogP contribution in [0, 0.1) is 0 Å². The van der Waals surface area contributed by atoms with Gasteiger partial charge in [0, 0.05) is 53.0 Å². The highest BCUT2D eigenvalue weighted by atomic mass is 31.3. The third kappa shape index (κ3) is 18.0. The minimum atomic E-state index is -5.02. The summed E-state index contributed by atoms with van der Waals surface area (Å²) in [6, 6.07) is 126. The van der Waals surface area contributed by atoms with Gasteiger partial charge in [-0.05, 0) is 101 Å². The molecular formula is C101H85N3O16P8. The Morgan fingerprint density at radius 2 is 0.273 bits per heavy atom. The summed E-state index contributed by atoms with van der Waals surface area (Å²) in [6.45, 7) is 0. The second-order valence-electron chi connectivity index (χ2n) is 30.0. The Morgan fingerprint density at radius 3 is 0.398 bits per heavy atom. The van der Waals surface area contributed by atoms with E-state index in [9.17, 15) is 25.5 Å². The van der Waals surface area contributed by atoms with Gasteiger partial charge in [-0.15, -0.1) is 0 Å². The van der Waals surface area contributed by atoms with Crippen LogP contribution in [-0.4, -0.2) is 25.5 Å². The van der Waals surface area contributed by atoms with Gasteiger partial charge in [0.1, 0.15) is 63.7 Å². The molecule has 1 heterocycles. The van der Waals surface area contributed by atoms with E-state index in [0.717, 1.165) is 0 Å². The van der Waals surface area contributed by atoms with Crippen LogP contribution in [0.25, 0.3) is 0 Å². The lowest BCUT2D eigenvalue weighted by molar-refractivity contribution is 0.256. The topological polar surface area (TPSA) is 279 Å². The van der Waals surface area contributed by atoms with Crippen molar-refractivity contribution < 1.29 is 75.5 Å². The van der Waals surface area contributed by atoms with Crippen molar-refractivity contribution in [3.63, 3.8) is 0 Å². The first-order valence-electron chi connectivity index (χ1n) is 40.8. The van der Waals surface area contributed by atoms with E-state index in [1.807, 2.05) is 0 Å². The molecule has 0 spiro atoms. The van der Waals surface area contributed by atoms with E-state index in [1.54, 1.807) is 394 Å². The van der Waals surface area contributed by atoms with Crippen LogP contribution < -0.4 is 80.2 Å². The number of aliphatic hydroxyl groups is 5. The number of rotatable bonds is 32. The lowest BCUT2D eigenvalue weighted by atomic mass is 10.2. The van der Waals surface area contributed by atoms with E-state index >= 15 is 22.8 Å². The molecule has 0 amide bonds. The van der Waals surface area contributed by atoms with Crippen LogP contribution in [0.4, 0.5) is 0 Å². The standard InChI is InChI=1S/C101H85N3O16P8/c105-97(121(110,87-36-14-2-15-37-87)88-38-16-3-17-39-88)76-56-66-82(67-57-76)116-126(115-81-34-12-1-13-35-81)102-127(117-83-68-58-77(59-69-83)98(106)122(111,89-40-18-4-19-41-89)90-42-20-5-21-43-90,118-84-70-60-78(61-71-84)99(107)123(112,91-44-22-6-23-45-91)92-46-24-7-25-47-92)104-128(103-126,119-85-72-62-79(63-73-85)100(108)124(113,93-48-26-8-27-49-93)94-50-28-9-29-51-94)120-86-74-64-80(65-75-86)101(109)125(114,95-52-30-10-31-53-95)96-54-32-11-33-55-96/h1-75,97-101,105-109H. The van der Waals surface area contributed by atoms with Gasteiger partial charge in [-0.3, -0.25) is 0 Å². The fourth-order valence-electron chi connectivity index (χ4n) is 15.3. The molecule has 5 N–H and O–H groups in total. The van der Waals surface area contributed by atoms with Crippen LogP contribution >= 0.6 is 58.7 Å². The molecule has 0 saturated carbocycles. The molecule has 640 valence electrons. The monoisotopic (exact) mass is 1840 g/mol. The molecule has 1 aliphatic rings.